The number of aromatic nitrogens is 5. The van der Waals surface area contributed by atoms with Gasteiger partial charge in [-0.15, -0.1) is 5.10 Å². The van der Waals surface area contributed by atoms with E-state index in [4.69, 9.17) is 10.5 Å². The van der Waals surface area contributed by atoms with Crippen LogP contribution in [0.5, 0.6) is 5.75 Å². The fraction of sp³-hybridized carbons (Fsp3) is 0.100. The Balaban J connectivity index is 1.68. The number of anilines is 1. The zero-order valence-electron chi connectivity index (χ0n) is 17.7. The summed E-state index contributed by atoms with van der Waals surface area (Å²) >= 11 is 0. The lowest BCUT2D eigenvalue weighted by atomic mass is 10.1. The van der Waals surface area contributed by atoms with Crippen molar-refractivity contribution >= 4 is 23.6 Å². The number of nitrogen functional groups attached to an aromatic ring is 1. The number of hydrogen-bond donors (Lipinski definition) is 2. The topological polar surface area (TPSA) is 189 Å². The molecule has 4 rings (SSSR count). The van der Waals surface area contributed by atoms with Crippen LogP contribution >= 0.6 is 0 Å². The summed E-state index contributed by atoms with van der Waals surface area (Å²) in [6.45, 7) is 2.29. The van der Waals surface area contributed by atoms with Crippen LogP contribution in [0.1, 0.15) is 23.0 Å². The lowest BCUT2D eigenvalue weighted by Crippen LogP contribution is -2.19. The lowest BCUT2D eigenvalue weighted by Gasteiger charge is -2.08. The van der Waals surface area contributed by atoms with Crippen LogP contribution in [-0.2, 0) is 0 Å². The van der Waals surface area contributed by atoms with E-state index >= 15 is 0 Å². The number of nitro groups is 1. The standard InChI is InChI=1S/C20H17N9O5/c1-2-33-15-8-4-6-13(10-15)17-16(23-27-28(17)19-18(21)25-34-26-19)20(30)24-22-11-12-5-3-7-14(9-12)29(31)32/h3-11H,2H2,1H3,(H2,21,25)(H,24,30). The molecule has 0 fully saturated rings. The Labute approximate surface area is 191 Å². The quantitative estimate of drug-likeness (QED) is 0.222. The molecular weight excluding hydrogens is 446 g/mol. The Bertz CT molecular complexity index is 1380. The number of hydrogen-bond acceptors (Lipinski definition) is 11. The normalized spacial score (nSPS) is 11.0. The van der Waals surface area contributed by atoms with Crippen molar-refractivity contribution in [2.75, 3.05) is 12.3 Å². The van der Waals surface area contributed by atoms with Crippen molar-refractivity contribution in [3.63, 3.8) is 0 Å². The SMILES string of the molecule is CCOc1cccc(-c2c(C(=O)NN=Cc3cccc([N+](=O)[O-])c3)nnn2-c2nonc2N)c1. The van der Waals surface area contributed by atoms with Crippen LogP contribution in [0, 0.1) is 10.1 Å². The summed E-state index contributed by atoms with van der Waals surface area (Å²) in [5.74, 6) is -0.139. The van der Waals surface area contributed by atoms with Crippen LogP contribution in [0.15, 0.2) is 58.3 Å². The molecule has 0 spiro atoms. The van der Waals surface area contributed by atoms with Crippen molar-refractivity contribution < 1.29 is 19.1 Å². The monoisotopic (exact) mass is 463 g/mol. The molecule has 4 aromatic rings. The van der Waals surface area contributed by atoms with Gasteiger partial charge in [-0.1, -0.05) is 29.5 Å². The number of nitrogens with one attached hydrogen (secondary N) is 1. The van der Waals surface area contributed by atoms with Crippen molar-refractivity contribution in [2.45, 2.75) is 6.92 Å². The van der Waals surface area contributed by atoms with Gasteiger partial charge in [0, 0.05) is 23.3 Å². The molecule has 14 nitrogen and oxygen atoms in total. The molecule has 1 amide bonds. The molecule has 0 saturated heterocycles. The number of benzene rings is 2. The molecule has 0 bridgehead atoms. The number of ether oxygens (including phenoxy) is 1. The highest BCUT2D eigenvalue weighted by Gasteiger charge is 2.25. The zero-order valence-corrected chi connectivity index (χ0v) is 17.7. The molecule has 2 aromatic carbocycles. The van der Waals surface area contributed by atoms with Gasteiger partial charge in [0.05, 0.1) is 17.7 Å². The van der Waals surface area contributed by atoms with Gasteiger partial charge in [0.15, 0.2) is 5.69 Å². The lowest BCUT2D eigenvalue weighted by molar-refractivity contribution is -0.384. The van der Waals surface area contributed by atoms with E-state index in [-0.39, 0.29) is 28.7 Å². The smallest absolute Gasteiger partial charge is 0.294 e. The Morgan fingerprint density at radius 3 is 2.85 bits per heavy atom. The first-order valence-electron chi connectivity index (χ1n) is 9.83. The number of nitrogens with two attached hydrogens (primary N) is 1. The third-order valence-electron chi connectivity index (χ3n) is 4.46. The molecule has 0 radical (unpaired) electrons. The average molecular weight is 463 g/mol. The summed E-state index contributed by atoms with van der Waals surface area (Å²) in [5, 5.41) is 30.0. The Kier molecular flexibility index (Phi) is 6.20. The van der Waals surface area contributed by atoms with Crippen molar-refractivity contribution in [1.82, 2.24) is 30.7 Å². The van der Waals surface area contributed by atoms with E-state index in [2.05, 4.69) is 35.8 Å². The highest BCUT2D eigenvalue weighted by Crippen LogP contribution is 2.29. The van der Waals surface area contributed by atoms with Gasteiger partial charge in [-0.25, -0.2) is 10.1 Å². The molecule has 0 atom stereocenters. The minimum absolute atomic E-state index is 0.0449. The van der Waals surface area contributed by atoms with Crippen LogP contribution in [0.2, 0.25) is 0 Å². The number of non-ortho nitro benzene ring substituents is 1. The number of carbonyl (C=O) groups excluding carboxylic acids is 1. The molecule has 0 aliphatic carbocycles. The molecule has 14 heteroatoms. The molecule has 34 heavy (non-hydrogen) atoms. The predicted octanol–water partition coefficient (Wildman–Crippen LogP) is 1.97. The second-order valence-corrected chi connectivity index (χ2v) is 6.68. The fourth-order valence-electron chi connectivity index (χ4n) is 3.02. The number of nitro benzene ring substituents is 1. The molecule has 2 aromatic heterocycles. The largest absolute Gasteiger partial charge is 0.494 e. The van der Waals surface area contributed by atoms with Crippen LogP contribution < -0.4 is 15.9 Å². The molecule has 3 N–H and O–H groups in total. The van der Waals surface area contributed by atoms with Gasteiger partial charge >= 0.3 is 0 Å². The van der Waals surface area contributed by atoms with Gasteiger partial charge in [-0.05, 0) is 29.4 Å². The molecule has 0 aliphatic heterocycles. The number of nitrogens with zero attached hydrogens (tertiary/aromatic N) is 7. The maximum Gasteiger partial charge on any atom is 0.294 e. The third-order valence-corrected chi connectivity index (χ3v) is 4.46. The molecule has 0 unspecified atom stereocenters. The summed E-state index contributed by atoms with van der Waals surface area (Å²) in [4.78, 5) is 23.3. The maximum atomic E-state index is 12.9. The third kappa shape index (κ3) is 4.55. The Hall–Kier alpha value is -5.14. The van der Waals surface area contributed by atoms with Gasteiger partial charge in [0.1, 0.15) is 11.4 Å². The average Bonchev–Trinajstić information content (AvgIpc) is 3.45. The van der Waals surface area contributed by atoms with E-state index in [9.17, 15) is 14.9 Å². The first-order chi connectivity index (χ1) is 16.5. The molecule has 0 aliphatic rings. The molecule has 172 valence electrons. The summed E-state index contributed by atoms with van der Waals surface area (Å²) in [5.41, 5.74) is 9.15. The van der Waals surface area contributed by atoms with E-state index in [1.54, 1.807) is 30.3 Å². The van der Waals surface area contributed by atoms with E-state index in [1.165, 1.54) is 29.1 Å². The van der Waals surface area contributed by atoms with Crippen LogP contribution in [-0.4, -0.2) is 49.0 Å². The highest BCUT2D eigenvalue weighted by molar-refractivity contribution is 5.99. The van der Waals surface area contributed by atoms with Crippen molar-refractivity contribution in [1.29, 1.82) is 0 Å². The maximum absolute atomic E-state index is 12.9. The summed E-state index contributed by atoms with van der Waals surface area (Å²) in [7, 11) is 0. The number of amides is 1. The van der Waals surface area contributed by atoms with E-state index in [0.29, 0.717) is 23.5 Å². The van der Waals surface area contributed by atoms with Crippen LogP contribution in [0.3, 0.4) is 0 Å². The second-order valence-electron chi connectivity index (χ2n) is 6.68. The molecule has 2 heterocycles. The number of rotatable bonds is 8. The second kappa shape index (κ2) is 9.56. The van der Waals surface area contributed by atoms with Crippen LogP contribution in [0.4, 0.5) is 11.5 Å². The van der Waals surface area contributed by atoms with Crippen molar-refractivity contribution in [3.8, 4) is 22.8 Å². The first-order valence-corrected chi connectivity index (χ1v) is 9.83. The number of hydrazone groups is 1. The van der Waals surface area contributed by atoms with E-state index in [1.807, 2.05) is 6.92 Å². The van der Waals surface area contributed by atoms with Crippen molar-refractivity contribution in [3.05, 3.63) is 69.9 Å². The first kappa shape index (κ1) is 22.1. The van der Waals surface area contributed by atoms with Gasteiger partial charge in [-0.3, -0.25) is 14.9 Å². The fourth-order valence-corrected chi connectivity index (χ4v) is 3.02. The van der Waals surface area contributed by atoms with Gasteiger partial charge in [-0.2, -0.15) is 9.78 Å². The minimum Gasteiger partial charge on any atom is -0.494 e. The summed E-state index contributed by atoms with van der Waals surface area (Å²) < 4.78 is 11.4. The zero-order chi connectivity index (χ0) is 24.1. The van der Waals surface area contributed by atoms with Gasteiger partial charge in [0.25, 0.3) is 11.6 Å². The minimum atomic E-state index is -0.695. The Morgan fingerprint density at radius 1 is 1.29 bits per heavy atom. The van der Waals surface area contributed by atoms with Gasteiger partial charge < -0.3 is 10.5 Å². The summed E-state index contributed by atoms with van der Waals surface area (Å²) in [6.07, 6.45) is 1.27. The predicted molar refractivity (Wildman–Crippen MR) is 118 cm³/mol. The van der Waals surface area contributed by atoms with E-state index in [0.717, 1.165) is 0 Å². The van der Waals surface area contributed by atoms with Gasteiger partial charge in [0.2, 0.25) is 11.6 Å². The molecular formula is C20H17N9O5. The summed E-state index contributed by atoms with van der Waals surface area (Å²) in [6, 6.07) is 12.7. The van der Waals surface area contributed by atoms with Crippen LogP contribution in [0.25, 0.3) is 17.1 Å². The number of carbonyl (C=O) groups is 1. The van der Waals surface area contributed by atoms with Crippen molar-refractivity contribution in [2.24, 2.45) is 5.10 Å². The highest BCUT2D eigenvalue weighted by atomic mass is 16.6. The Morgan fingerprint density at radius 2 is 2.12 bits per heavy atom. The molecule has 0 saturated carbocycles. The van der Waals surface area contributed by atoms with E-state index < -0.39 is 10.8 Å².